The maximum absolute atomic E-state index is 12.0. The standard InChI is InChI=1S/C16H22O4/c1-5-16(6-2)19-13(14(20-16)15(17)18-4)12-10-8-7-9-11(12)3/h7-10,13-14H,5-6H2,1-4H3/t13-,14-/m1/s1. The second-order valence-corrected chi connectivity index (χ2v) is 5.07. The highest BCUT2D eigenvalue weighted by Gasteiger charge is 2.50. The van der Waals surface area contributed by atoms with Crippen molar-refractivity contribution in [2.45, 2.75) is 51.6 Å². The molecule has 0 N–H and O–H groups in total. The Morgan fingerprint density at radius 2 is 1.90 bits per heavy atom. The Morgan fingerprint density at radius 3 is 2.45 bits per heavy atom. The fourth-order valence-electron chi connectivity index (χ4n) is 2.62. The molecule has 20 heavy (non-hydrogen) atoms. The average molecular weight is 278 g/mol. The fourth-order valence-corrected chi connectivity index (χ4v) is 2.62. The maximum Gasteiger partial charge on any atom is 0.338 e. The van der Waals surface area contributed by atoms with E-state index in [0.717, 1.165) is 11.1 Å². The number of ether oxygens (including phenoxy) is 3. The van der Waals surface area contributed by atoms with Gasteiger partial charge in [-0.1, -0.05) is 38.1 Å². The molecule has 1 fully saturated rings. The molecule has 4 nitrogen and oxygen atoms in total. The summed E-state index contributed by atoms with van der Waals surface area (Å²) in [4.78, 5) is 12.0. The largest absolute Gasteiger partial charge is 0.467 e. The minimum absolute atomic E-state index is 0.387. The zero-order valence-corrected chi connectivity index (χ0v) is 12.5. The second-order valence-electron chi connectivity index (χ2n) is 5.07. The molecule has 110 valence electrons. The van der Waals surface area contributed by atoms with Crippen molar-refractivity contribution in [3.63, 3.8) is 0 Å². The minimum Gasteiger partial charge on any atom is -0.467 e. The van der Waals surface area contributed by atoms with Gasteiger partial charge in [-0.05, 0) is 30.9 Å². The third-order valence-corrected chi connectivity index (χ3v) is 3.96. The van der Waals surface area contributed by atoms with E-state index in [1.807, 2.05) is 45.0 Å². The summed E-state index contributed by atoms with van der Waals surface area (Å²) in [6.07, 6.45) is 0.267. The van der Waals surface area contributed by atoms with Crippen LogP contribution in [0.25, 0.3) is 0 Å². The van der Waals surface area contributed by atoms with Gasteiger partial charge >= 0.3 is 5.97 Å². The molecule has 2 atom stereocenters. The lowest BCUT2D eigenvalue weighted by atomic mass is 9.99. The van der Waals surface area contributed by atoms with Gasteiger partial charge in [-0.15, -0.1) is 0 Å². The molecule has 1 heterocycles. The highest BCUT2D eigenvalue weighted by atomic mass is 16.8. The number of carbonyl (C=O) groups excluding carboxylic acids is 1. The van der Waals surface area contributed by atoms with E-state index in [2.05, 4.69) is 0 Å². The van der Waals surface area contributed by atoms with Crippen molar-refractivity contribution < 1.29 is 19.0 Å². The number of carbonyl (C=O) groups is 1. The van der Waals surface area contributed by atoms with Gasteiger partial charge in [0.25, 0.3) is 0 Å². The van der Waals surface area contributed by atoms with Gasteiger partial charge in [0, 0.05) is 0 Å². The van der Waals surface area contributed by atoms with Gasteiger partial charge in [0.05, 0.1) is 7.11 Å². The van der Waals surface area contributed by atoms with Crippen molar-refractivity contribution in [3.05, 3.63) is 35.4 Å². The average Bonchev–Trinajstić information content (AvgIpc) is 2.87. The summed E-state index contributed by atoms with van der Waals surface area (Å²) in [5, 5.41) is 0. The number of rotatable bonds is 4. The number of methoxy groups -OCH3 is 1. The number of hydrogen-bond acceptors (Lipinski definition) is 4. The van der Waals surface area contributed by atoms with Crippen LogP contribution < -0.4 is 0 Å². The van der Waals surface area contributed by atoms with Gasteiger partial charge in [-0.2, -0.15) is 0 Å². The van der Waals surface area contributed by atoms with Crippen LogP contribution in [0.3, 0.4) is 0 Å². The molecular weight excluding hydrogens is 256 g/mol. The molecule has 1 aliphatic rings. The number of esters is 1. The molecule has 0 unspecified atom stereocenters. The van der Waals surface area contributed by atoms with Gasteiger partial charge in [-0.3, -0.25) is 0 Å². The Bertz CT molecular complexity index is 479. The van der Waals surface area contributed by atoms with E-state index in [1.54, 1.807) is 0 Å². The van der Waals surface area contributed by atoms with E-state index in [4.69, 9.17) is 14.2 Å². The van der Waals surface area contributed by atoms with Crippen molar-refractivity contribution >= 4 is 5.97 Å². The van der Waals surface area contributed by atoms with Crippen LogP contribution in [0.1, 0.15) is 43.9 Å². The number of aryl methyl sites for hydroxylation is 1. The first-order valence-electron chi connectivity index (χ1n) is 7.06. The summed E-state index contributed by atoms with van der Waals surface area (Å²) >= 11 is 0. The molecule has 0 aromatic heterocycles. The van der Waals surface area contributed by atoms with Crippen LogP contribution in [0.4, 0.5) is 0 Å². The van der Waals surface area contributed by atoms with Crippen LogP contribution in [0.5, 0.6) is 0 Å². The first-order valence-corrected chi connectivity index (χ1v) is 7.06. The summed E-state index contributed by atoms with van der Waals surface area (Å²) < 4.78 is 16.9. The van der Waals surface area contributed by atoms with Crippen molar-refractivity contribution in [1.29, 1.82) is 0 Å². The normalized spacial score (nSPS) is 24.6. The van der Waals surface area contributed by atoms with Gasteiger partial charge in [0.2, 0.25) is 0 Å². The van der Waals surface area contributed by atoms with Crippen LogP contribution in [0.2, 0.25) is 0 Å². The minimum atomic E-state index is -0.707. The first-order chi connectivity index (χ1) is 9.56. The molecule has 0 amide bonds. The van der Waals surface area contributed by atoms with Crippen LogP contribution in [-0.2, 0) is 19.0 Å². The number of benzene rings is 1. The summed E-state index contributed by atoms with van der Waals surface area (Å²) in [5.74, 6) is -1.09. The second kappa shape index (κ2) is 5.94. The van der Waals surface area contributed by atoms with Gasteiger partial charge in [-0.25, -0.2) is 4.79 Å². The summed E-state index contributed by atoms with van der Waals surface area (Å²) in [5.41, 5.74) is 2.06. The van der Waals surface area contributed by atoms with Crippen LogP contribution >= 0.6 is 0 Å². The Hall–Kier alpha value is -1.39. The predicted octanol–water partition coefficient (Wildman–Crippen LogP) is 3.14. The monoisotopic (exact) mass is 278 g/mol. The predicted molar refractivity (Wildman–Crippen MR) is 75.2 cm³/mol. The maximum atomic E-state index is 12.0. The molecule has 0 radical (unpaired) electrons. The molecule has 1 aromatic carbocycles. The molecule has 4 heteroatoms. The lowest BCUT2D eigenvalue weighted by Crippen LogP contribution is -2.32. The molecule has 0 spiro atoms. The van der Waals surface area contributed by atoms with E-state index < -0.39 is 18.0 Å². The highest BCUT2D eigenvalue weighted by molar-refractivity contribution is 5.76. The lowest BCUT2D eigenvalue weighted by Gasteiger charge is -2.25. The molecule has 0 saturated carbocycles. The van der Waals surface area contributed by atoms with Crippen molar-refractivity contribution in [2.75, 3.05) is 7.11 Å². The molecule has 0 aliphatic carbocycles. The molecule has 0 bridgehead atoms. The van der Waals surface area contributed by atoms with E-state index in [1.165, 1.54) is 7.11 Å². The Balaban J connectivity index is 2.38. The Labute approximate surface area is 120 Å². The zero-order chi connectivity index (χ0) is 14.8. The van der Waals surface area contributed by atoms with Crippen LogP contribution in [0.15, 0.2) is 24.3 Å². The third-order valence-electron chi connectivity index (χ3n) is 3.96. The molecule has 1 aromatic rings. The van der Waals surface area contributed by atoms with Gasteiger partial charge in [0.15, 0.2) is 11.9 Å². The quantitative estimate of drug-likeness (QED) is 0.794. The van der Waals surface area contributed by atoms with Crippen LogP contribution in [0, 0.1) is 6.92 Å². The van der Waals surface area contributed by atoms with Crippen molar-refractivity contribution in [2.24, 2.45) is 0 Å². The van der Waals surface area contributed by atoms with Crippen molar-refractivity contribution in [3.8, 4) is 0 Å². The SMILES string of the molecule is CCC1(CC)O[C@H](c2ccccc2C)[C@H](C(=O)OC)O1. The fraction of sp³-hybridized carbons (Fsp3) is 0.562. The highest BCUT2D eigenvalue weighted by Crippen LogP contribution is 2.43. The summed E-state index contributed by atoms with van der Waals surface area (Å²) in [6.45, 7) is 6.00. The lowest BCUT2D eigenvalue weighted by molar-refractivity contribution is -0.187. The Kier molecular flexibility index (Phi) is 4.45. The van der Waals surface area contributed by atoms with Crippen LogP contribution in [-0.4, -0.2) is 25.0 Å². The Morgan fingerprint density at radius 1 is 1.25 bits per heavy atom. The molecular formula is C16H22O4. The van der Waals surface area contributed by atoms with E-state index in [9.17, 15) is 4.79 Å². The van der Waals surface area contributed by atoms with Gasteiger partial charge in [0.1, 0.15) is 6.10 Å². The molecule has 1 saturated heterocycles. The van der Waals surface area contributed by atoms with E-state index in [-0.39, 0.29) is 5.97 Å². The topological polar surface area (TPSA) is 44.8 Å². The smallest absolute Gasteiger partial charge is 0.338 e. The van der Waals surface area contributed by atoms with Crippen molar-refractivity contribution in [1.82, 2.24) is 0 Å². The zero-order valence-electron chi connectivity index (χ0n) is 12.5. The van der Waals surface area contributed by atoms with E-state index >= 15 is 0 Å². The van der Waals surface area contributed by atoms with E-state index in [0.29, 0.717) is 12.8 Å². The number of hydrogen-bond donors (Lipinski definition) is 0. The third kappa shape index (κ3) is 2.58. The first kappa shape index (κ1) is 15.0. The van der Waals surface area contributed by atoms with Gasteiger partial charge < -0.3 is 14.2 Å². The summed E-state index contributed by atoms with van der Waals surface area (Å²) in [6, 6.07) is 7.89. The molecule has 2 rings (SSSR count). The summed E-state index contributed by atoms with van der Waals surface area (Å²) in [7, 11) is 1.37. The molecule has 1 aliphatic heterocycles.